The predicted molar refractivity (Wildman–Crippen MR) is 85.0 cm³/mol. The molecule has 0 unspecified atom stereocenters. The lowest BCUT2D eigenvalue weighted by Crippen LogP contribution is -2.12. The highest BCUT2D eigenvalue weighted by Crippen LogP contribution is 2.32. The fourth-order valence-corrected chi connectivity index (χ4v) is 4.18. The minimum absolute atomic E-state index is 0.0942. The summed E-state index contributed by atoms with van der Waals surface area (Å²) >= 11 is 1.25. The second-order valence-electron chi connectivity index (χ2n) is 5.63. The summed E-state index contributed by atoms with van der Waals surface area (Å²) in [6.07, 6.45) is 0. The highest BCUT2D eigenvalue weighted by Gasteiger charge is 2.22. The van der Waals surface area contributed by atoms with Gasteiger partial charge in [0.15, 0.2) is 0 Å². The molecule has 2 aromatic rings. The number of nitriles is 1. The molecule has 1 aromatic heterocycles. The van der Waals surface area contributed by atoms with Crippen LogP contribution in [0.25, 0.3) is 0 Å². The van der Waals surface area contributed by atoms with Gasteiger partial charge in [0.2, 0.25) is 0 Å². The molecule has 0 spiro atoms. The molecule has 0 saturated heterocycles. The zero-order chi connectivity index (χ0) is 15.7. The highest BCUT2D eigenvalue weighted by molar-refractivity contribution is 7.94. The van der Waals surface area contributed by atoms with Crippen molar-refractivity contribution >= 4 is 27.0 Å². The predicted octanol–water partition coefficient (Wildman–Crippen LogP) is 3.72. The molecule has 1 aromatic carbocycles. The molecule has 0 aliphatic carbocycles. The Hall–Kier alpha value is -1.84. The van der Waals surface area contributed by atoms with Crippen LogP contribution in [-0.2, 0) is 15.4 Å². The average Bonchev–Trinajstić information content (AvgIpc) is 2.89. The zero-order valence-corrected chi connectivity index (χ0v) is 13.7. The first-order chi connectivity index (χ1) is 9.74. The quantitative estimate of drug-likeness (QED) is 0.937. The largest absolute Gasteiger partial charge is 0.278 e. The van der Waals surface area contributed by atoms with Crippen LogP contribution in [0.5, 0.6) is 0 Å². The second kappa shape index (κ2) is 5.51. The third-order valence-corrected chi connectivity index (χ3v) is 6.25. The number of nitrogens with zero attached hydrogens (tertiary/aromatic N) is 1. The fourth-order valence-electron chi connectivity index (χ4n) is 1.73. The number of hydrogen-bond donors (Lipinski definition) is 1. The molecule has 0 radical (unpaired) electrons. The van der Waals surface area contributed by atoms with Crippen LogP contribution < -0.4 is 4.72 Å². The molecule has 0 amide bonds. The van der Waals surface area contributed by atoms with Crippen LogP contribution in [0, 0.1) is 11.3 Å². The van der Waals surface area contributed by atoms with Crippen molar-refractivity contribution in [3.63, 3.8) is 0 Å². The van der Waals surface area contributed by atoms with E-state index in [1.807, 2.05) is 32.9 Å². The van der Waals surface area contributed by atoms with Crippen molar-refractivity contribution in [1.29, 1.82) is 5.26 Å². The minimum atomic E-state index is -3.67. The molecule has 0 saturated carbocycles. The Balaban J connectivity index is 2.35. The number of benzene rings is 1. The Bertz CT molecular complexity index is 794. The Morgan fingerprint density at radius 3 is 2.38 bits per heavy atom. The van der Waals surface area contributed by atoms with E-state index in [1.54, 1.807) is 30.3 Å². The van der Waals surface area contributed by atoms with Crippen molar-refractivity contribution in [2.75, 3.05) is 4.72 Å². The first kappa shape index (κ1) is 15.5. The summed E-state index contributed by atoms with van der Waals surface area (Å²) in [5.41, 5.74) is 0.502. The van der Waals surface area contributed by atoms with E-state index in [9.17, 15) is 8.42 Å². The molecule has 4 nitrogen and oxygen atoms in total. The fraction of sp³-hybridized carbons (Fsp3) is 0.267. The number of anilines is 1. The van der Waals surface area contributed by atoms with Gasteiger partial charge in [-0.15, -0.1) is 11.3 Å². The molecule has 0 aliphatic heterocycles. The van der Waals surface area contributed by atoms with E-state index in [-0.39, 0.29) is 9.62 Å². The van der Waals surface area contributed by atoms with Crippen molar-refractivity contribution in [3.05, 3.63) is 46.8 Å². The average molecular weight is 320 g/mol. The smallest absolute Gasteiger partial charge is 0.271 e. The summed E-state index contributed by atoms with van der Waals surface area (Å²) in [6.45, 7) is 6.11. The molecule has 0 aliphatic rings. The Labute approximate surface area is 129 Å². The van der Waals surface area contributed by atoms with Crippen LogP contribution in [0.4, 0.5) is 5.69 Å². The molecule has 1 N–H and O–H groups in total. The van der Waals surface area contributed by atoms with Crippen molar-refractivity contribution < 1.29 is 8.42 Å². The first-order valence-corrected chi connectivity index (χ1v) is 8.66. The van der Waals surface area contributed by atoms with E-state index in [0.29, 0.717) is 11.3 Å². The van der Waals surface area contributed by atoms with Crippen molar-refractivity contribution in [3.8, 4) is 6.07 Å². The van der Waals surface area contributed by atoms with Crippen LogP contribution in [0.3, 0.4) is 0 Å². The van der Waals surface area contributed by atoms with E-state index in [0.717, 1.165) is 4.88 Å². The van der Waals surface area contributed by atoms with Crippen molar-refractivity contribution in [2.24, 2.45) is 0 Å². The molecule has 6 heteroatoms. The van der Waals surface area contributed by atoms with E-state index in [4.69, 9.17) is 5.26 Å². The van der Waals surface area contributed by atoms with Gasteiger partial charge in [-0.05, 0) is 29.7 Å². The summed E-state index contributed by atoms with van der Waals surface area (Å²) in [6, 6.07) is 11.9. The third-order valence-electron chi connectivity index (χ3n) is 2.88. The van der Waals surface area contributed by atoms with Gasteiger partial charge in [0.1, 0.15) is 10.3 Å². The molecule has 21 heavy (non-hydrogen) atoms. The zero-order valence-electron chi connectivity index (χ0n) is 12.0. The summed E-state index contributed by atoms with van der Waals surface area (Å²) in [7, 11) is -3.67. The van der Waals surface area contributed by atoms with Crippen LogP contribution in [0.15, 0.2) is 40.6 Å². The lowest BCUT2D eigenvalue weighted by atomic mass is 9.95. The van der Waals surface area contributed by atoms with Gasteiger partial charge in [-0.1, -0.05) is 32.9 Å². The van der Waals surface area contributed by atoms with Gasteiger partial charge in [0, 0.05) is 4.88 Å². The number of nitrogens with one attached hydrogen (secondary N) is 1. The number of para-hydroxylation sites is 1. The SMILES string of the molecule is CC(C)(C)c1ccc(S(=O)(=O)Nc2ccccc2C#N)s1. The molecule has 1 heterocycles. The summed E-state index contributed by atoms with van der Waals surface area (Å²) in [5.74, 6) is 0. The second-order valence-corrected chi connectivity index (χ2v) is 8.62. The van der Waals surface area contributed by atoms with Gasteiger partial charge in [0.25, 0.3) is 10.0 Å². The summed E-state index contributed by atoms with van der Waals surface area (Å²) in [4.78, 5) is 0.997. The van der Waals surface area contributed by atoms with Crippen LogP contribution >= 0.6 is 11.3 Å². The first-order valence-electron chi connectivity index (χ1n) is 6.36. The van der Waals surface area contributed by atoms with Crippen LogP contribution in [0.2, 0.25) is 0 Å². The van der Waals surface area contributed by atoms with Crippen LogP contribution in [0.1, 0.15) is 31.2 Å². The number of thiophene rings is 1. The van der Waals surface area contributed by atoms with E-state index >= 15 is 0 Å². The molecule has 0 atom stereocenters. The van der Waals surface area contributed by atoms with E-state index < -0.39 is 10.0 Å². The maximum Gasteiger partial charge on any atom is 0.271 e. The van der Waals surface area contributed by atoms with Crippen LogP contribution in [-0.4, -0.2) is 8.42 Å². The molecular weight excluding hydrogens is 304 g/mol. The van der Waals surface area contributed by atoms with E-state index in [1.165, 1.54) is 11.3 Å². The molecular formula is C15H16N2O2S2. The standard InChI is InChI=1S/C15H16N2O2S2/c1-15(2,3)13-8-9-14(20-13)21(18,19)17-12-7-5-4-6-11(12)10-16/h4-9,17H,1-3H3. The van der Waals surface area contributed by atoms with Gasteiger partial charge in [-0.2, -0.15) is 5.26 Å². The summed E-state index contributed by atoms with van der Waals surface area (Å²) in [5, 5.41) is 9.01. The molecule has 110 valence electrons. The van der Waals surface area contributed by atoms with Crippen molar-refractivity contribution in [2.45, 2.75) is 30.4 Å². The lowest BCUT2D eigenvalue weighted by Gasteiger charge is -2.15. The van der Waals surface area contributed by atoms with Crippen molar-refractivity contribution in [1.82, 2.24) is 0 Å². The van der Waals surface area contributed by atoms with E-state index in [2.05, 4.69) is 4.72 Å². The normalized spacial score (nSPS) is 11.9. The maximum absolute atomic E-state index is 12.4. The van der Waals surface area contributed by atoms with Gasteiger partial charge >= 0.3 is 0 Å². The minimum Gasteiger partial charge on any atom is -0.278 e. The monoisotopic (exact) mass is 320 g/mol. The van der Waals surface area contributed by atoms with Gasteiger partial charge in [-0.25, -0.2) is 8.42 Å². The topological polar surface area (TPSA) is 70.0 Å². The molecule has 2 rings (SSSR count). The highest BCUT2D eigenvalue weighted by atomic mass is 32.2. The van der Waals surface area contributed by atoms with Gasteiger partial charge in [0.05, 0.1) is 11.3 Å². The third kappa shape index (κ3) is 3.43. The number of hydrogen-bond acceptors (Lipinski definition) is 4. The molecule has 0 fully saturated rings. The van der Waals surface area contributed by atoms with Gasteiger partial charge in [-0.3, -0.25) is 4.72 Å². The maximum atomic E-state index is 12.4. The lowest BCUT2D eigenvalue weighted by molar-refractivity contribution is 0.603. The molecule has 0 bridgehead atoms. The Morgan fingerprint density at radius 1 is 1.14 bits per heavy atom. The summed E-state index contributed by atoms with van der Waals surface area (Å²) < 4.78 is 27.5. The number of rotatable bonds is 3. The number of sulfonamides is 1. The van der Waals surface area contributed by atoms with Gasteiger partial charge < -0.3 is 0 Å². The Kier molecular flexibility index (Phi) is 4.08. The Morgan fingerprint density at radius 2 is 1.81 bits per heavy atom.